The molecule has 7 nitrogen and oxygen atoms in total. The normalized spacial score (nSPS) is 16.7. The summed E-state index contributed by atoms with van der Waals surface area (Å²) < 4.78 is 67.9. The van der Waals surface area contributed by atoms with Gasteiger partial charge in [-0.1, -0.05) is 11.6 Å². The zero-order valence-corrected chi connectivity index (χ0v) is 21.2. The molecule has 2 N–H and O–H groups in total. The van der Waals surface area contributed by atoms with E-state index in [1.165, 1.54) is 41.1 Å². The minimum Gasteiger partial charge on any atom is -0.368 e. The highest BCUT2D eigenvalue weighted by atomic mass is 35.5. The number of alkyl halides is 3. The molecule has 1 aliphatic heterocycles. The quantitative estimate of drug-likeness (QED) is 0.408. The van der Waals surface area contributed by atoms with Crippen LogP contribution < -0.4 is 14.9 Å². The Morgan fingerprint density at radius 3 is 2.51 bits per heavy atom. The van der Waals surface area contributed by atoms with Gasteiger partial charge in [-0.15, -0.1) is 11.3 Å². The molecule has 1 saturated heterocycles. The summed E-state index contributed by atoms with van der Waals surface area (Å²) in [5.41, 5.74) is 1.97. The average Bonchev–Trinajstić information content (AvgIpc) is 3.46. The van der Waals surface area contributed by atoms with E-state index < -0.39 is 21.8 Å². The monoisotopic (exact) mass is 545 g/mol. The Morgan fingerprint density at radius 2 is 1.91 bits per heavy atom. The van der Waals surface area contributed by atoms with Crippen molar-refractivity contribution in [3.05, 3.63) is 57.9 Å². The van der Waals surface area contributed by atoms with Crippen LogP contribution in [0.3, 0.4) is 0 Å². The molecule has 4 rings (SSSR count). The van der Waals surface area contributed by atoms with Crippen molar-refractivity contribution in [2.24, 2.45) is 0 Å². The van der Waals surface area contributed by atoms with Crippen molar-refractivity contribution >= 4 is 55.8 Å². The number of hydrogen-bond donors (Lipinski definition) is 2. The van der Waals surface area contributed by atoms with Gasteiger partial charge in [-0.3, -0.25) is 4.72 Å². The highest BCUT2D eigenvalue weighted by Crippen LogP contribution is 2.39. The van der Waals surface area contributed by atoms with Crippen LogP contribution in [0.2, 0.25) is 5.02 Å². The van der Waals surface area contributed by atoms with Gasteiger partial charge in [0.25, 0.3) is 10.0 Å². The maximum absolute atomic E-state index is 13.4. The van der Waals surface area contributed by atoms with E-state index >= 15 is 0 Å². The first-order valence-corrected chi connectivity index (χ1v) is 13.3. The van der Waals surface area contributed by atoms with Crippen LogP contribution in [0.25, 0.3) is 0 Å². The molecule has 35 heavy (non-hydrogen) atoms. The van der Waals surface area contributed by atoms with Crippen molar-refractivity contribution in [2.45, 2.75) is 23.5 Å². The molecule has 1 unspecified atom stereocenters. The third kappa shape index (κ3) is 5.83. The number of rotatable bonds is 7. The predicted octanol–water partition coefficient (Wildman–Crippen LogP) is 5.50. The van der Waals surface area contributed by atoms with Crippen LogP contribution in [0.1, 0.15) is 12.0 Å². The number of anilines is 4. The second-order valence-corrected chi connectivity index (χ2v) is 11.1. The van der Waals surface area contributed by atoms with Crippen LogP contribution in [0.5, 0.6) is 0 Å². The summed E-state index contributed by atoms with van der Waals surface area (Å²) in [6.45, 7) is 1.18. The summed E-state index contributed by atoms with van der Waals surface area (Å²) in [5.74, 6) is 0.198. The SMILES string of the molecule is CN(C)C1CCN(c2cc(C(F)(F)F)ccc2Nc2ccc(S(=O)(=O)Nc3cscn3)cc2Cl)C1. The Labute approximate surface area is 210 Å². The number of aromatic nitrogens is 1. The van der Waals surface area contributed by atoms with Gasteiger partial charge in [-0.25, -0.2) is 13.4 Å². The van der Waals surface area contributed by atoms with Crippen LogP contribution in [-0.2, 0) is 16.2 Å². The second-order valence-electron chi connectivity index (χ2n) is 8.33. The fourth-order valence-electron chi connectivity index (χ4n) is 3.83. The van der Waals surface area contributed by atoms with E-state index in [4.69, 9.17) is 11.6 Å². The molecular weight excluding hydrogens is 523 g/mol. The summed E-state index contributed by atoms with van der Waals surface area (Å²) >= 11 is 7.63. The standard InChI is InChI=1S/C22H23ClF3N5O2S2/c1-30(2)15-7-8-31(11-15)20-9-14(22(24,25)26)3-5-19(20)28-18-6-4-16(10-17(18)23)35(32,33)29-21-12-34-13-27-21/h3-6,9-10,12-13,15,28-29H,7-8,11H2,1-2H3. The molecule has 0 radical (unpaired) electrons. The summed E-state index contributed by atoms with van der Waals surface area (Å²) in [6, 6.07) is 7.85. The largest absolute Gasteiger partial charge is 0.416 e. The average molecular weight is 546 g/mol. The van der Waals surface area contributed by atoms with E-state index in [0.29, 0.717) is 30.2 Å². The van der Waals surface area contributed by atoms with Gasteiger partial charge in [0, 0.05) is 24.5 Å². The molecule has 0 aliphatic carbocycles. The van der Waals surface area contributed by atoms with Crippen LogP contribution in [0, 0.1) is 0 Å². The number of likely N-dealkylation sites (N-methyl/N-ethyl adjacent to an activating group) is 1. The lowest BCUT2D eigenvalue weighted by Crippen LogP contribution is -2.31. The fourth-order valence-corrected chi connectivity index (χ4v) is 5.70. The molecule has 1 fully saturated rings. The zero-order chi connectivity index (χ0) is 25.4. The van der Waals surface area contributed by atoms with Gasteiger partial charge in [0.05, 0.1) is 38.1 Å². The van der Waals surface area contributed by atoms with E-state index in [9.17, 15) is 21.6 Å². The van der Waals surface area contributed by atoms with Gasteiger partial charge in [0.2, 0.25) is 0 Å². The lowest BCUT2D eigenvalue weighted by molar-refractivity contribution is -0.137. The molecule has 0 bridgehead atoms. The van der Waals surface area contributed by atoms with Crippen LogP contribution >= 0.6 is 22.9 Å². The van der Waals surface area contributed by atoms with Gasteiger partial charge >= 0.3 is 6.18 Å². The Morgan fingerprint density at radius 1 is 1.17 bits per heavy atom. The fraction of sp³-hybridized carbons (Fsp3) is 0.318. The molecule has 2 heterocycles. The topological polar surface area (TPSA) is 77.6 Å². The lowest BCUT2D eigenvalue weighted by Gasteiger charge is -2.25. The highest BCUT2D eigenvalue weighted by Gasteiger charge is 2.33. The molecule has 2 aromatic carbocycles. The van der Waals surface area contributed by atoms with Crippen LogP contribution in [0.15, 0.2) is 52.2 Å². The molecular formula is C22H23ClF3N5O2S2. The third-order valence-corrected chi connectivity index (χ3v) is 8.00. The second kappa shape index (κ2) is 9.84. The van der Waals surface area contributed by atoms with Crippen molar-refractivity contribution in [3.8, 4) is 0 Å². The van der Waals surface area contributed by atoms with Crippen LogP contribution in [0.4, 0.5) is 36.1 Å². The number of thiazole rings is 1. The summed E-state index contributed by atoms with van der Waals surface area (Å²) in [7, 11) is -0.0236. The minimum absolute atomic E-state index is 0.0675. The van der Waals surface area contributed by atoms with E-state index in [2.05, 4.69) is 19.9 Å². The van der Waals surface area contributed by atoms with Crippen molar-refractivity contribution in [1.29, 1.82) is 0 Å². The number of sulfonamides is 1. The van der Waals surface area contributed by atoms with Gasteiger partial charge in [0.15, 0.2) is 5.82 Å². The van der Waals surface area contributed by atoms with Crippen molar-refractivity contribution in [3.63, 3.8) is 0 Å². The summed E-state index contributed by atoms with van der Waals surface area (Å²) in [5, 5.41) is 4.74. The number of halogens is 4. The van der Waals surface area contributed by atoms with E-state index in [0.717, 1.165) is 18.6 Å². The first-order valence-electron chi connectivity index (χ1n) is 10.5. The Balaban J connectivity index is 1.63. The molecule has 1 atom stereocenters. The van der Waals surface area contributed by atoms with Gasteiger partial charge in [-0.05, 0) is 56.9 Å². The molecule has 3 aromatic rings. The zero-order valence-electron chi connectivity index (χ0n) is 18.8. The predicted molar refractivity (Wildman–Crippen MR) is 133 cm³/mol. The van der Waals surface area contributed by atoms with Gasteiger partial charge < -0.3 is 15.1 Å². The molecule has 1 aliphatic rings. The van der Waals surface area contributed by atoms with E-state index in [1.54, 1.807) is 5.38 Å². The van der Waals surface area contributed by atoms with Crippen molar-refractivity contribution in [2.75, 3.05) is 42.1 Å². The smallest absolute Gasteiger partial charge is 0.368 e. The Kier molecular flexibility index (Phi) is 7.18. The first kappa shape index (κ1) is 25.5. The minimum atomic E-state index is -4.48. The molecule has 1 aromatic heterocycles. The van der Waals surface area contributed by atoms with Crippen molar-refractivity contribution < 1.29 is 21.6 Å². The molecule has 0 spiro atoms. The van der Waals surface area contributed by atoms with Crippen molar-refractivity contribution in [1.82, 2.24) is 9.88 Å². The van der Waals surface area contributed by atoms with E-state index in [1.807, 2.05) is 19.0 Å². The molecule has 0 saturated carbocycles. The third-order valence-electron chi connectivity index (χ3n) is 5.75. The number of hydrogen-bond acceptors (Lipinski definition) is 7. The Bertz CT molecular complexity index is 1300. The number of nitrogens with one attached hydrogen (secondary N) is 2. The van der Waals surface area contributed by atoms with Crippen LogP contribution in [-0.4, -0.2) is 51.5 Å². The number of benzene rings is 2. The maximum Gasteiger partial charge on any atom is 0.416 e. The molecule has 188 valence electrons. The first-order chi connectivity index (χ1) is 16.4. The highest BCUT2D eigenvalue weighted by molar-refractivity contribution is 7.92. The van der Waals surface area contributed by atoms with E-state index in [-0.39, 0.29) is 21.8 Å². The van der Waals surface area contributed by atoms with Gasteiger partial charge in [0.1, 0.15) is 0 Å². The summed E-state index contributed by atoms with van der Waals surface area (Å²) in [6.07, 6.45) is -3.66. The molecule has 0 amide bonds. The number of nitrogens with zero attached hydrogens (tertiary/aromatic N) is 3. The maximum atomic E-state index is 13.4. The summed E-state index contributed by atoms with van der Waals surface area (Å²) in [4.78, 5) is 7.80. The molecule has 13 heteroatoms. The van der Waals surface area contributed by atoms with Gasteiger partial charge in [-0.2, -0.15) is 13.2 Å². The Hall–Kier alpha value is -2.54. The lowest BCUT2D eigenvalue weighted by atomic mass is 10.1.